The summed E-state index contributed by atoms with van der Waals surface area (Å²) < 4.78 is 48.4. The number of hydrogen-bond donors (Lipinski definition) is 1. The van der Waals surface area contributed by atoms with Gasteiger partial charge in [0.2, 0.25) is 15.9 Å². The molecule has 1 aromatic carbocycles. The molecule has 2 aromatic rings. The Morgan fingerprint density at radius 3 is 2.71 bits per heavy atom. The zero-order valence-electron chi connectivity index (χ0n) is 19.7. The molecule has 0 aliphatic carbocycles. The van der Waals surface area contributed by atoms with Crippen molar-refractivity contribution >= 4 is 15.9 Å². The van der Waals surface area contributed by atoms with Gasteiger partial charge < -0.3 is 14.7 Å². The van der Waals surface area contributed by atoms with Crippen molar-refractivity contribution in [2.24, 2.45) is 5.92 Å². The molecular weight excluding hydrogens is 465 g/mol. The van der Waals surface area contributed by atoms with Gasteiger partial charge in [-0.05, 0) is 37.6 Å². The summed E-state index contributed by atoms with van der Waals surface area (Å²) in [5.41, 5.74) is 0.731. The molecule has 0 unspecified atom stereocenters. The quantitative estimate of drug-likeness (QED) is 0.638. The number of halogens is 1. The van der Waals surface area contributed by atoms with Crippen LogP contribution in [0.1, 0.15) is 32.4 Å². The highest BCUT2D eigenvalue weighted by atomic mass is 32.2. The topological polar surface area (TPSA) is 118 Å². The highest BCUT2D eigenvalue weighted by Gasteiger charge is 2.31. The van der Waals surface area contributed by atoms with Crippen LogP contribution >= 0.6 is 0 Å². The van der Waals surface area contributed by atoms with E-state index in [4.69, 9.17) is 4.74 Å². The van der Waals surface area contributed by atoms with Crippen molar-refractivity contribution in [3.8, 4) is 0 Å². The van der Waals surface area contributed by atoms with Crippen molar-refractivity contribution in [1.29, 1.82) is 0 Å². The second-order valence-corrected chi connectivity index (χ2v) is 10.7. The molecule has 0 spiro atoms. The SMILES string of the molecule is C[C@@H]1CN([C@H](C)CO)C(=O)CCCn2nncc2CO[C@@H]1CN(C)S(=O)(=O)c1ccc(F)cc1. The van der Waals surface area contributed by atoms with Gasteiger partial charge >= 0.3 is 0 Å². The molecule has 1 aliphatic heterocycles. The third-order valence-electron chi connectivity index (χ3n) is 6.10. The minimum atomic E-state index is -3.89. The van der Waals surface area contributed by atoms with E-state index in [0.29, 0.717) is 25.9 Å². The number of rotatable bonds is 6. The Hall–Kier alpha value is -2.41. The number of aliphatic hydroxyl groups is 1. The molecule has 3 atom stereocenters. The van der Waals surface area contributed by atoms with Crippen molar-refractivity contribution in [2.75, 3.05) is 26.7 Å². The average molecular weight is 498 g/mol. The number of amides is 1. The van der Waals surface area contributed by atoms with Gasteiger partial charge in [-0.3, -0.25) is 4.79 Å². The first kappa shape index (κ1) is 26.2. The van der Waals surface area contributed by atoms with Crippen LogP contribution in [0, 0.1) is 11.7 Å². The molecule has 0 radical (unpaired) electrons. The van der Waals surface area contributed by atoms with Gasteiger partial charge in [-0.15, -0.1) is 5.10 Å². The molecule has 34 heavy (non-hydrogen) atoms. The minimum Gasteiger partial charge on any atom is -0.394 e. The number of aliphatic hydroxyl groups excluding tert-OH is 1. The summed E-state index contributed by atoms with van der Waals surface area (Å²) in [6.07, 6.45) is 1.87. The average Bonchev–Trinajstić information content (AvgIpc) is 3.25. The van der Waals surface area contributed by atoms with Crippen molar-refractivity contribution in [3.63, 3.8) is 0 Å². The Labute approximate surface area is 199 Å². The van der Waals surface area contributed by atoms with Gasteiger partial charge in [0.25, 0.3) is 0 Å². The zero-order valence-corrected chi connectivity index (χ0v) is 20.5. The molecule has 0 bridgehead atoms. The fourth-order valence-corrected chi connectivity index (χ4v) is 5.07. The fourth-order valence-electron chi connectivity index (χ4n) is 3.88. The molecule has 1 aromatic heterocycles. The lowest BCUT2D eigenvalue weighted by molar-refractivity contribution is -0.136. The number of hydrogen-bond acceptors (Lipinski definition) is 7. The normalized spacial score (nSPS) is 21.6. The van der Waals surface area contributed by atoms with Crippen molar-refractivity contribution in [3.05, 3.63) is 42.0 Å². The van der Waals surface area contributed by atoms with E-state index in [1.165, 1.54) is 23.5 Å². The van der Waals surface area contributed by atoms with Crippen LogP contribution < -0.4 is 0 Å². The van der Waals surface area contributed by atoms with Crippen LogP contribution in [0.3, 0.4) is 0 Å². The molecule has 1 amide bonds. The number of aryl methyl sites for hydroxylation is 1. The highest BCUT2D eigenvalue weighted by molar-refractivity contribution is 7.89. The number of ether oxygens (including phenoxy) is 1. The summed E-state index contributed by atoms with van der Waals surface area (Å²) in [5.74, 6) is -0.875. The maximum atomic E-state index is 13.3. The molecule has 0 fully saturated rings. The zero-order chi connectivity index (χ0) is 24.9. The summed E-state index contributed by atoms with van der Waals surface area (Å²) >= 11 is 0. The molecule has 188 valence electrons. The van der Waals surface area contributed by atoms with E-state index in [1.54, 1.807) is 22.7 Å². The molecule has 0 saturated heterocycles. The Morgan fingerprint density at radius 1 is 1.32 bits per heavy atom. The first-order valence-corrected chi connectivity index (χ1v) is 12.7. The summed E-state index contributed by atoms with van der Waals surface area (Å²) in [5, 5.41) is 17.7. The Morgan fingerprint density at radius 2 is 2.03 bits per heavy atom. The van der Waals surface area contributed by atoms with E-state index in [0.717, 1.165) is 17.8 Å². The van der Waals surface area contributed by atoms with E-state index in [-0.39, 0.29) is 42.5 Å². The number of carbonyl (C=O) groups is 1. The third-order valence-corrected chi connectivity index (χ3v) is 7.94. The molecular formula is C22H32FN5O5S. The molecule has 1 aliphatic rings. The standard InChI is InChI=1S/C22H32FN5O5S/c1-16-12-27(17(2)14-29)22(30)5-4-10-28-19(11-24-25-28)15-33-21(16)13-26(3)34(31,32)20-8-6-18(23)7-9-20/h6-9,11,16-17,21,29H,4-5,10,12-15H2,1-3H3/t16-,17-,21-/m1/s1. The van der Waals surface area contributed by atoms with E-state index < -0.39 is 21.9 Å². The maximum Gasteiger partial charge on any atom is 0.242 e. The van der Waals surface area contributed by atoms with Gasteiger partial charge in [0.15, 0.2) is 0 Å². The first-order valence-electron chi connectivity index (χ1n) is 11.2. The van der Waals surface area contributed by atoms with Crippen molar-refractivity contribution < 1.29 is 27.4 Å². The number of likely N-dealkylation sites (N-methyl/N-ethyl adjacent to an activating group) is 1. The predicted octanol–water partition coefficient (Wildman–Crippen LogP) is 1.26. The Kier molecular flexibility index (Phi) is 8.74. The summed E-state index contributed by atoms with van der Waals surface area (Å²) in [4.78, 5) is 14.5. The second kappa shape index (κ2) is 11.3. The Bertz CT molecular complexity index is 1060. The van der Waals surface area contributed by atoms with Gasteiger partial charge in [-0.25, -0.2) is 17.5 Å². The van der Waals surface area contributed by atoms with E-state index in [9.17, 15) is 22.7 Å². The Balaban J connectivity index is 1.86. The van der Waals surface area contributed by atoms with Crippen LogP contribution in [0.4, 0.5) is 4.39 Å². The van der Waals surface area contributed by atoms with Gasteiger partial charge in [0.1, 0.15) is 5.82 Å². The summed E-state index contributed by atoms with van der Waals surface area (Å²) in [6.45, 7) is 4.45. The lowest BCUT2D eigenvalue weighted by Gasteiger charge is -2.35. The van der Waals surface area contributed by atoms with Crippen LogP contribution in [0.2, 0.25) is 0 Å². The van der Waals surface area contributed by atoms with E-state index in [2.05, 4.69) is 10.3 Å². The third kappa shape index (κ3) is 6.17. The largest absolute Gasteiger partial charge is 0.394 e. The molecule has 2 heterocycles. The lowest BCUT2D eigenvalue weighted by atomic mass is 10.0. The summed E-state index contributed by atoms with van der Waals surface area (Å²) in [6, 6.07) is 4.26. The molecule has 0 saturated carbocycles. The lowest BCUT2D eigenvalue weighted by Crippen LogP contribution is -2.47. The minimum absolute atomic E-state index is 0.0119. The van der Waals surface area contributed by atoms with Crippen LogP contribution in [-0.2, 0) is 32.7 Å². The van der Waals surface area contributed by atoms with Crippen LogP contribution in [0.5, 0.6) is 0 Å². The molecule has 10 nitrogen and oxygen atoms in total. The van der Waals surface area contributed by atoms with Crippen molar-refractivity contribution in [1.82, 2.24) is 24.2 Å². The number of aromatic nitrogens is 3. The number of sulfonamides is 1. The maximum absolute atomic E-state index is 13.3. The van der Waals surface area contributed by atoms with Gasteiger partial charge in [0, 0.05) is 39.0 Å². The van der Waals surface area contributed by atoms with Gasteiger partial charge in [0.05, 0.1) is 42.1 Å². The van der Waals surface area contributed by atoms with Crippen LogP contribution in [0.25, 0.3) is 0 Å². The predicted molar refractivity (Wildman–Crippen MR) is 121 cm³/mol. The first-order chi connectivity index (χ1) is 16.1. The van der Waals surface area contributed by atoms with Crippen LogP contribution in [-0.4, -0.2) is 82.5 Å². The molecule has 12 heteroatoms. The monoisotopic (exact) mass is 497 g/mol. The van der Waals surface area contributed by atoms with E-state index in [1.807, 2.05) is 6.92 Å². The number of nitrogens with zero attached hydrogens (tertiary/aromatic N) is 5. The molecule has 1 N–H and O–H groups in total. The number of fused-ring (bicyclic) bond motifs is 1. The summed E-state index contributed by atoms with van der Waals surface area (Å²) in [7, 11) is -2.45. The second-order valence-electron chi connectivity index (χ2n) is 8.70. The smallest absolute Gasteiger partial charge is 0.242 e. The molecule has 3 rings (SSSR count). The highest BCUT2D eigenvalue weighted by Crippen LogP contribution is 2.21. The fraction of sp³-hybridized carbons (Fsp3) is 0.591. The van der Waals surface area contributed by atoms with Gasteiger partial charge in [-0.2, -0.15) is 4.31 Å². The van der Waals surface area contributed by atoms with E-state index >= 15 is 0 Å². The van der Waals surface area contributed by atoms with Gasteiger partial charge in [-0.1, -0.05) is 12.1 Å². The number of benzene rings is 1. The number of carbonyl (C=O) groups excluding carboxylic acids is 1. The van der Waals surface area contributed by atoms with Crippen molar-refractivity contribution in [2.45, 2.75) is 56.9 Å². The van der Waals surface area contributed by atoms with Crippen LogP contribution in [0.15, 0.2) is 35.4 Å².